The second-order valence-electron chi connectivity index (χ2n) is 7.57. The molecule has 0 saturated carbocycles. The maximum absolute atomic E-state index is 12.9. The lowest BCUT2D eigenvalue weighted by molar-refractivity contribution is -0.136. The van der Waals surface area contributed by atoms with Crippen LogP contribution in [-0.4, -0.2) is 56.1 Å². The Morgan fingerprint density at radius 2 is 2.19 bits per heavy atom. The van der Waals surface area contributed by atoms with E-state index in [1.54, 1.807) is 16.9 Å². The average molecular weight is 354 g/mol. The number of hydrogen-bond donors (Lipinski definition) is 1. The highest BCUT2D eigenvalue weighted by Crippen LogP contribution is 2.29. The first kappa shape index (κ1) is 17.0. The molecular formula is C19H26N6O. The zero-order chi connectivity index (χ0) is 18.1. The second-order valence-corrected chi connectivity index (χ2v) is 7.57. The van der Waals surface area contributed by atoms with Gasteiger partial charge in [-0.3, -0.25) is 14.7 Å². The molecule has 3 fully saturated rings. The number of pyridine rings is 1. The minimum atomic E-state index is 0.123. The summed E-state index contributed by atoms with van der Waals surface area (Å²) in [5.74, 6) is 1.21. The molecule has 3 saturated heterocycles. The summed E-state index contributed by atoms with van der Waals surface area (Å²) in [5.41, 5.74) is 8.02. The van der Waals surface area contributed by atoms with Gasteiger partial charge in [0.2, 0.25) is 5.91 Å². The number of aromatic nitrogens is 3. The molecule has 2 aromatic rings. The normalized spacial score (nSPS) is 23.2. The van der Waals surface area contributed by atoms with Crippen molar-refractivity contribution in [2.24, 2.45) is 5.92 Å². The van der Waals surface area contributed by atoms with Crippen LogP contribution in [0.3, 0.4) is 0 Å². The molecule has 0 aromatic carbocycles. The van der Waals surface area contributed by atoms with Gasteiger partial charge in [0.25, 0.3) is 0 Å². The predicted octanol–water partition coefficient (Wildman–Crippen LogP) is 1.29. The zero-order valence-electron chi connectivity index (χ0n) is 15.2. The van der Waals surface area contributed by atoms with Crippen LogP contribution in [0.5, 0.6) is 0 Å². The molecule has 7 heteroatoms. The number of amides is 1. The molecule has 7 nitrogen and oxygen atoms in total. The van der Waals surface area contributed by atoms with Gasteiger partial charge in [-0.15, -0.1) is 0 Å². The van der Waals surface area contributed by atoms with Gasteiger partial charge in [0.1, 0.15) is 12.4 Å². The van der Waals surface area contributed by atoms with E-state index in [9.17, 15) is 4.79 Å². The first-order chi connectivity index (χ1) is 12.6. The number of hydrogen-bond acceptors (Lipinski definition) is 5. The van der Waals surface area contributed by atoms with Gasteiger partial charge in [0.15, 0.2) is 0 Å². The summed E-state index contributed by atoms with van der Waals surface area (Å²) in [6.45, 7) is 5.82. The number of carbonyl (C=O) groups is 1. The van der Waals surface area contributed by atoms with Crippen molar-refractivity contribution >= 4 is 11.7 Å². The molecule has 5 rings (SSSR count). The van der Waals surface area contributed by atoms with Crippen LogP contribution in [0.4, 0.5) is 5.82 Å². The van der Waals surface area contributed by atoms with Crippen molar-refractivity contribution in [1.82, 2.24) is 24.6 Å². The van der Waals surface area contributed by atoms with Gasteiger partial charge in [-0.05, 0) is 37.3 Å². The van der Waals surface area contributed by atoms with E-state index in [-0.39, 0.29) is 18.5 Å². The molecule has 0 unspecified atom stereocenters. The van der Waals surface area contributed by atoms with E-state index < -0.39 is 0 Å². The summed E-state index contributed by atoms with van der Waals surface area (Å²) >= 11 is 0. The first-order valence-electron chi connectivity index (χ1n) is 9.29. The van der Waals surface area contributed by atoms with E-state index in [0.29, 0.717) is 11.7 Å². The molecule has 5 heterocycles. The molecule has 3 aliphatic heterocycles. The molecule has 2 bridgehead atoms. The Morgan fingerprint density at radius 3 is 2.92 bits per heavy atom. The molecule has 0 radical (unpaired) electrons. The van der Waals surface area contributed by atoms with Crippen molar-refractivity contribution in [2.75, 3.05) is 25.4 Å². The van der Waals surface area contributed by atoms with E-state index >= 15 is 0 Å². The van der Waals surface area contributed by atoms with Crippen molar-refractivity contribution in [3.05, 3.63) is 41.9 Å². The Balaban J connectivity index is 1.44. The van der Waals surface area contributed by atoms with E-state index in [2.05, 4.69) is 25.9 Å². The molecule has 3 aliphatic rings. The zero-order valence-corrected chi connectivity index (χ0v) is 15.2. The van der Waals surface area contributed by atoms with E-state index in [4.69, 9.17) is 5.73 Å². The third-order valence-corrected chi connectivity index (χ3v) is 5.46. The summed E-state index contributed by atoms with van der Waals surface area (Å²) in [4.78, 5) is 21.7. The SMILES string of the molecule is Cc1cc(N)n(CC(=O)N2C[C@@H]3CC[C@H]2CN(Cc2cccnc2)C3)n1. The number of fused-ring (bicyclic) bond motifs is 4. The van der Waals surface area contributed by atoms with Crippen LogP contribution in [0.2, 0.25) is 0 Å². The molecule has 2 aromatic heterocycles. The maximum atomic E-state index is 12.9. The minimum Gasteiger partial charge on any atom is -0.384 e. The van der Waals surface area contributed by atoms with Gasteiger partial charge in [0.05, 0.1) is 5.69 Å². The van der Waals surface area contributed by atoms with Gasteiger partial charge < -0.3 is 10.6 Å². The number of nitrogen functional groups attached to an aromatic ring is 1. The lowest BCUT2D eigenvalue weighted by Crippen LogP contribution is -2.48. The quantitative estimate of drug-likeness (QED) is 0.895. The second kappa shape index (κ2) is 7.07. The summed E-state index contributed by atoms with van der Waals surface area (Å²) in [7, 11) is 0. The van der Waals surface area contributed by atoms with Gasteiger partial charge >= 0.3 is 0 Å². The molecule has 2 N–H and O–H groups in total. The number of aryl methyl sites for hydroxylation is 1. The highest BCUT2D eigenvalue weighted by Gasteiger charge is 2.37. The topological polar surface area (TPSA) is 80.3 Å². The molecule has 26 heavy (non-hydrogen) atoms. The van der Waals surface area contributed by atoms with Crippen LogP contribution >= 0.6 is 0 Å². The number of anilines is 1. The highest BCUT2D eigenvalue weighted by atomic mass is 16.2. The third-order valence-electron chi connectivity index (χ3n) is 5.46. The van der Waals surface area contributed by atoms with Gasteiger partial charge in [-0.25, -0.2) is 4.68 Å². The van der Waals surface area contributed by atoms with Crippen molar-refractivity contribution in [3.63, 3.8) is 0 Å². The average Bonchev–Trinajstić information content (AvgIpc) is 2.78. The predicted molar refractivity (Wildman–Crippen MR) is 99.1 cm³/mol. The summed E-state index contributed by atoms with van der Waals surface area (Å²) < 4.78 is 1.61. The fourth-order valence-corrected chi connectivity index (χ4v) is 4.27. The van der Waals surface area contributed by atoms with Crippen LogP contribution in [0, 0.1) is 12.8 Å². The largest absolute Gasteiger partial charge is 0.384 e. The van der Waals surface area contributed by atoms with Crippen molar-refractivity contribution in [3.8, 4) is 0 Å². The van der Waals surface area contributed by atoms with Crippen LogP contribution in [0.25, 0.3) is 0 Å². The van der Waals surface area contributed by atoms with Gasteiger partial charge in [-0.1, -0.05) is 6.07 Å². The number of carbonyl (C=O) groups excluding carboxylic acids is 1. The van der Waals surface area contributed by atoms with Crippen LogP contribution in [0.15, 0.2) is 30.6 Å². The Hall–Kier alpha value is -2.41. The molecule has 0 aliphatic carbocycles. The van der Waals surface area contributed by atoms with Crippen LogP contribution in [-0.2, 0) is 17.9 Å². The number of nitrogens with two attached hydrogens (primary N) is 1. The van der Waals surface area contributed by atoms with Crippen molar-refractivity contribution in [1.29, 1.82) is 0 Å². The lowest BCUT2D eigenvalue weighted by Gasteiger charge is -2.36. The molecule has 2 atom stereocenters. The highest BCUT2D eigenvalue weighted by molar-refractivity contribution is 5.77. The number of rotatable bonds is 4. The Labute approximate surface area is 153 Å². The van der Waals surface area contributed by atoms with Gasteiger partial charge in [-0.2, -0.15) is 5.10 Å². The first-order valence-corrected chi connectivity index (χ1v) is 9.29. The third kappa shape index (κ3) is 3.58. The Kier molecular flexibility index (Phi) is 4.63. The minimum absolute atomic E-state index is 0.123. The van der Waals surface area contributed by atoms with E-state index in [0.717, 1.165) is 38.3 Å². The molecular weight excluding hydrogens is 328 g/mol. The summed E-state index contributed by atoms with van der Waals surface area (Å²) in [6.07, 6.45) is 6.01. The Bertz CT molecular complexity index is 774. The molecule has 0 spiro atoms. The smallest absolute Gasteiger partial charge is 0.244 e. The number of nitrogens with zero attached hydrogens (tertiary/aromatic N) is 5. The lowest BCUT2D eigenvalue weighted by atomic mass is 9.95. The van der Waals surface area contributed by atoms with E-state index in [1.807, 2.05) is 19.2 Å². The molecule has 138 valence electrons. The Morgan fingerprint density at radius 1 is 1.31 bits per heavy atom. The summed E-state index contributed by atoms with van der Waals surface area (Å²) in [5, 5.41) is 4.33. The van der Waals surface area contributed by atoms with Crippen molar-refractivity contribution < 1.29 is 4.79 Å². The molecule has 1 amide bonds. The van der Waals surface area contributed by atoms with Crippen LogP contribution in [0.1, 0.15) is 24.1 Å². The fraction of sp³-hybridized carbons (Fsp3) is 0.526. The van der Waals surface area contributed by atoms with E-state index in [1.165, 1.54) is 12.0 Å². The van der Waals surface area contributed by atoms with Gasteiger partial charge in [0, 0.05) is 50.7 Å². The van der Waals surface area contributed by atoms with Crippen LogP contribution < -0.4 is 5.73 Å². The monoisotopic (exact) mass is 354 g/mol. The standard InChI is InChI=1S/C19H26N6O/c1-14-7-18(20)25(22-14)13-19(26)24-11-16-4-5-17(24)12-23(10-16)9-15-3-2-6-21-8-15/h2-3,6-8,16-17H,4-5,9-13,20H2,1H3/t16-,17+/m1/s1. The number of piperidine rings is 1. The van der Waals surface area contributed by atoms with Crippen molar-refractivity contribution in [2.45, 2.75) is 38.9 Å². The fourth-order valence-electron chi connectivity index (χ4n) is 4.27. The summed E-state index contributed by atoms with van der Waals surface area (Å²) in [6, 6.07) is 6.17. The maximum Gasteiger partial charge on any atom is 0.244 e.